The number of nitrogens with one attached hydrogen (secondary N) is 1. The summed E-state index contributed by atoms with van der Waals surface area (Å²) in [5.74, 6) is 1.75. The molecule has 0 unspecified atom stereocenters. The van der Waals surface area contributed by atoms with E-state index in [1.807, 2.05) is 48.5 Å². The van der Waals surface area contributed by atoms with Crippen LogP contribution in [-0.4, -0.2) is 17.1 Å². The number of H-pyrrole nitrogens is 1. The van der Waals surface area contributed by atoms with Crippen molar-refractivity contribution in [3.63, 3.8) is 0 Å². The van der Waals surface area contributed by atoms with E-state index in [4.69, 9.17) is 4.74 Å². The van der Waals surface area contributed by atoms with Gasteiger partial charge in [0.15, 0.2) is 0 Å². The number of ether oxygens (including phenoxy) is 1. The van der Waals surface area contributed by atoms with Gasteiger partial charge in [0.05, 0.1) is 18.1 Å². The zero-order valence-corrected chi connectivity index (χ0v) is 12.8. The zero-order valence-electron chi connectivity index (χ0n) is 12.8. The van der Waals surface area contributed by atoms with E-state index >= 15 is 0 Å². The summed E-state index contributed by atoms with van der Waals surface area (Å²) in [6.07, 6.45) is 0. The maximum absolute atomic E-state index is 5.47. The lowest BCUT2D eigenvalue weighted by molar-refractivity contribution is 0.416. The summed E-state index contributed by atoms with van der Waals surface area (Å²) in [7, 11) is 1.70. The minimum absolute atomic E-state index is 0.870. The maximum Gasteiger partial charge on any atom is 0.138 e. The Balaban J connectivity index is 1.82. The number of methoxy groups -OCH3 is 1. The third-order valence-electron chi connectivity index (χ3n) is 3.94. The van der Waals surface area contributed by atoms with Crippen LogP contribution in [-0.2, 0) is 0 Å². The van der Waals surface area contributed by atoms with E-state index < -0.39 is 0 Å². The van der Waals surface area contributed by atoms with Gasteiger partial charge in [-0.15, -0.1) is 0 Å². The Kier molecular flexibility index (Phi) is 3.31. The molecule has 0 aliphatic heterocycles. The molecule has 0 fully saturated rings. The van der Waals surface area contributed by atoms with Gasteiger partial charge >= 0.3 is 0 Å². The largest absolute Gasteiger partial charge is 0.496 e. The summed E-state index contributed by atoms with van der Waals surface area (Å²) in [6.45, 7) is 0. The van der Waals surface area contributed by atoms with Crippen molar-refractivity contribution in [1.29, 1.82) is 0 Å². The van der Waals surface area contributed by atoms with Crippen molar-refractivity contribution in [2.75, 3.05) is 7.11 Å². The lowest BCUT2D eigenvalue weighted by Gasteiger charge is -2.09. The molecule has 112 valence electrons. The number of imidazole rings is 1. The normalized spacial score (nSPS) is 10.8. The SMILES string of the molecule is COc1ccccc1-c1cccc(-c2nc3ccccc3[nH]2)c1. The molecule has 0 bridgehead atoms. The number of aromatic amines is 1. The van der Waals surface area contributed by atoms with Crippen LogP contribution in [0.3, 0.4) is 0 Å². The fourth-order valence-corrected chi connectivity index (χ4v) is 2.81. The van der Waals surface area contributed by atoms with Gasteiger partial charge in [-0.3, -0.25) is 0 Å². The first-order valence-corrected chi connectivity index (χ1v) is 7.54. The average Bonchev–Trinajstić information content (AvgIpc) is 3.06. The topological polar surface area (TPSA) is 37.9 Å². The highest BCUT2D eigenvalue weighted by Gasteiger charge is 2.08. The van der Waals surface area contributed by atoms with Gasteiger partial charge < -0.3 is 9.72 Å². The van der Waals surface area contributed by atoms with Crippen molar-refractivity contribution in [1.82, 2.24) is 9.97 Å². The van der Waals surface area contributed by atoms with Gasteiger partial charge in [-0.1, -0.05) is 48.5 Å². The Morgan fingerprint density at radius 2 is 1.61 bits per heavy atom. The zero-order chi connectivity index (χ0) is 15.6. The number of aromatic nitrogens is 2. The second-order valence-corrected chi connectivity index (χ2v) is 5.38. The minimum atomic E-state index is 0.870. The van der Waals surface area contributed by atoms with Gasteiger partial charge in [-0.25, -0.2) is 4.98 Å². The molecule has 0 spiro atoms. The van der Waals surface area contributed by atoms with E-state index in [0.717, 1.165) is 39.3 Å². The molecule has 1 aromatic heterocycles. The van der Waals surface area contributed by atoms with Crippen LogP contribution in [0.5, 0.6) is 5.75 Å². The van der Waals surface area contributed by atoms with E-state index in [1.54, 1.807) is 7.11 Å². The summed E-state index contributed by atoms with van der Waals surface area (Å²) < 4.78 is 5.47. The van der Waals surface area contributed by atoms with E-state index in [2.05, 4.69) is 34.2 Å². The molecule has 0 amide bonds. The molecule has 3 nitrogen and oxygen atoms in total. The second-order valence-electron chi connectivity index (χ2n) is 5.38. The Labute approximate surface area is 134 Å². The van der Waals surface area contributed by atoms with Crippen molar-refractivity contribution < 1.29 is 4.74 Å². The minimum Gasteiger partial charge on any atom is -0.496 e. The fourth-order valence-electron chi connectivity index (χ4n) is 2.81. The number of fused-ring (bicyclic) bond motifs is 1. The van der Waals surface area contributed by atoms with Crippen LogP contribution in [0.1, 0.15) is 0 Å². The molecule has 0 saturated carbocycles. The van der Waals surface area contributed by atoms with Crippen LogP contribution < -0.4 is 4.74 Å². The van der Waals surface area contributed by atoms with Crippen LogP contribution in [0.2, 0.25) is 0 Å². The van der Waals surface area contributed by atoms with Crippen molar-refractivity contribution >= 4 is 11.0 Å². The molecule has 3 aromatic carbocycles. The Bertz CT molecular complexity index is 939. The smallest absolute Gasteiger partial charge is 0.138 e. The number of hydrogen-bond donors (Lipinski definition) is 1. The summed E-state index contributed by atoms with van der Waals surface area (Å²) in [4.78, 5) is 8.05. The quantitative estimate of drug-likeness (QED) is 0.584. The number of para-hydroxylation sites is 3. The number of nitrogens with zero attached hydrogens (tertiary/aromatic N) is 1. The predicted octanol–water partition coefficient (Wildman–Crippen LogP) is 4.91. The highest BCUT2D eigenvalue weighted by atomic mass is 16.5. The summed E-state index contributed by atoms with van der Waals surface area (Å²) in [5.41, 5.74) is 5.27. The maximum atomic E-state index is 5.47. The lowest BCUT2D eigenvalue weighted by Crippen LogP contribution is -1.88. The highest BCUT2D eigenvalue weighted by Crippen LogP contribution is 2.32. The third-order valence-corrected chi connectivity index (χ3v) is 3.94. The molecular weight excluding hydrogens is 284 g/mol. The molecule has 4 aromatic rings. The molecular formula is C20H16N2O. The monoisotopic (exact) mass is 300 g/mol. The van der Waals surface area contributed by atoms with Crippen molar-refractivity contribution in [3.05, 3.63) is 72.8 Å². The van der Waals surface area contributed by atoms with Gasteiger partial charge in [0.2, 0.25) is 0 Å². The van der Waals surface area contributed by atoms with Crippen LogP contribution in [0.4, 0.5) is 0 Å². The average molecular weight is 300 g/mol. The van der Waals surface area contributed by atoms with Gasteiger partial charge in [0, 0.05) is 11.1 Å². The number of rotatable bonds is 3. The van der Waals surface area contributed by atoms with E-state index in [1.165, 1.54) is 0 Å². The molecule has 0 radical (unpaired) electrons. The molecule has 4 rings (SSSR count). The molecule has 23 heavy (non-hydrogen) atoms. The molecule has 0 saturated heterocycles. The fraction of sp³-hybridized carbons (Fsp3) is 0.0500. The van der Waals surface area contributed by atoms with Crippen molar-refractivity contribution in [2.24, 2.45) is 0 Å². The first kappa shape index (κ1) is 13.6. The first-order valence-electron chi connectivity index (χ1n) is 7.54. The first-order chi connectivity index (χ1) is 11.3. The van der Waals surface area contributed by atoms with Crippen LogP contribution >= 0.6 is 0 Å². The number of benzene rings is 3. The molecule has 3 heteroatoms. The Morgan fingerprint density at radius 3 is 2.48 bits per heavy atom. The second kappa shape index (κ2) is 5.61. The molecule has 0 aliphatic rings. The standard InChI is InChI=1S/C20H16N2O/c1-23-19-12-5-2-9-16(19)14-7-6-8-15(13-14)20-21-17-10-3-4-11-18(17)22-20/h2-13H,1H3,(H,21,22). The van der Waals surface area contributed by atoms with Crippen LogP contribution in [0.25, 0.3) is 33.5 Å². The Morgan fingerprint density at radius 1 is 0.826 bits per heavy atom. The predicted molar refractivity (Wildman–Crippen MR) is 93.5 cm³/mol. The molecule has 0 atom stereocenters. The molecule has 1 heterocycles. The summed E-state index contributed by atoms with van der Waals surface area (Å²) in [6, 6.07) is 24.4. The highest BCUT2D eigenvalue weighted by molar-refractivity contribution is 5.81. The van der Waals surface area contributed by atoms with Gasteiger partial charge in [-0.2, -0.15) is 0 Å². The lowest BCUT2D eigenvalue weighted by atomic mass is 10.0. The van der Waals surface area contributed by atoms with E-state index in [-0.39, 0.29) is 0 Å². The van der Waals surface area contributed by atoms with E-state index in [9.17, 15) is 0 Å². The van der Waals surface area contributed by atoms with Crippen molar-refractivity contribution in [3.8, 4) is 28.3 Å². The van der Waals surface area contributed by atoms with Gasteiger partial charge in [0.25, 0.3) is 0 Å². The van der Waals surface area contributed by atoms with Gasteiger partial charge in [0.1, 0.15) is 11.6 Å². The number of hydrogen-bond acceptors (Lipinski definition) is 2. The molecule has 1 N–H and O–H groups in total. The molecule has 0 aliphatic carbocycles. The van der Waals surface area contributed by atoms with Crippen LogP contribution in [0, 0.1) is 0 Å². The summed E-state index contributed by atoms with van der Waals surface area (Å²) >= 11 is 0. The third kappa shape index (κ3) is 2.46. The van der Waals surface area contributed by atoms with Gasteiger partial charge in [-0.05, 0) is 29.8 Å². The summed E-state index contributed by atoms with van der Waals surface area (Å²) in [5, 5.41) is 0. The van der Waals surface area contributed by atoms with Crippen molar-refractivity contribution in [2.45, 2.75) is 0 Å². The Hall–Kier alpha value is -3.07. The van der Waals surface area contributed by atoms with Crippen LogP contribution in [0.15, 0.2) is 72.8 Å². The van der Waals surface area contributed by atoms with E-state index in [0.29, 0.717) is 0 Å².